The molecule has 1 heterocycles. The SMILES string of the molecule is Cc1c(COc2cc(OCc3cccc(C#N)c3)c(CN3CCCC[C@H]3C(=O)NCC(C)(C)O)cc2[N+](=O)[O-])cccc1-c1ccccc1. The van der Waals surface area contributed by atoms with E-state index in [1.807, 2.05) is 66.4 Å². The molecule has 4 aromatic rings. The highest BCUT2D eigenvalue weighted by atomic mass is 16.6. The summed E-state index contributed by atoms with van der Waals surface area (Å²) in [5.41, 5.74) is 4.57. The van der Waals surface area contributed by atoms with Crippen molar-refractivity contribution in [3.05, 3.63) is 123 Å². The van der Waals surface area contributed by atoms with Gasteiger partial charge in [0.15, 0.2) is 0 Å². The third-order valence-electron chi connectivity index (χ3n) is 8.69. The van der Waals surface area contributed by atoms with Crippen molar-refractivity contribution in [1.82, 2.24) is 10.2 Å². The molecule has 1 aliphatic rings. The van der Waals surface area contributed by atoms with Gasteiger partial charge in [0.1, 0.15) is 19.0 Å². The van der Waals surface area contributed by atoms with Gasteiger partial charge in [-0.1, -0.05) is 67.1 Å². The molecule has 4 aromatic carbocycles. The minimum atomic E-state index is -1.06. The van der Waals surface area contributed by atoms with Gasteiger partial charge < -0.3 is 19.9 Å². The van der Waals surface area contributed by atoms with Crippen LogP contribution in [0.3, 0.4) is 0 Å². The van der Waals surface area contributed by atoms with Crippen LogP contribution < -0.4 is 14.8 Å². The topological polar surface area (TPSA) is 138 Å². The molecular formula is C39H42N4O6. The Kier molecular flexibility index (Phi) is 11.3. The number of nitriles is 1. The van der Waals surface area contributed by atoms with Gasteiger partial charge >= 0.3 is 5.69 Å². The van der Waals surface area contributed by atoms with Crippen LogP contribution in [0.2, 0.25) is 0 Å². The number of hydrogen-bond acceptors (Lipinski definition) is 8. The Hall–Kier alpha value is -5.24. The number of likely N-dealkylation sites (tertiary alicyclic amines) is 1. The predicted molar refractivity (Wildman–Crippen MR) is 187 cm³/mol. The van der Waals surface area contributed by atoms with Crippen LogP contribution in [0.25, 0.3) is 11.1 Å². The fourth-order valence-electron chi connectivity index (χ4n) is 6.04. The average molecular weight is 663 g/mol. The van der Waals surface area contributed by atoms with Crippen LogP contribution in [0.5, 0.6) is 11.5 Å². The lowest BCUT2D eigenvalue weighted by atomic mass is 9.97. The number of carbonyl (C=O) groups is 1. The summed E-state index contributed by atoms with van der Waals surface area (Å²) in [7, 11) is 0. The maximum absolute atomic E-state index is 13.2. The third kappa shape index (κ3) is 9.22. The van der Waals surface area contributed by atoms with E-state index in [0.717, 1.165) is 40.7 Å². The van der Waals surface area contributed by atoms with E-state index in [1.165, 1.54) is 6.07 Å². The van der Waals surface area contributed by atoms with E-state index < -0.39 is 16.6 Å². The van der Waals surface area contributed by atoms with Crippen molar-refractivity contribution in [2.24, 2.45) is 0 Å². The van der Waals surface area contributed by atoms with Crippen LogP contribution in [0, 0.1) is 28.4 Å². The van der Waals surface area contributed by atoms with E-state index in [9.17, 15) is 25.3 Å². The number of aliphatic hydroxyl groups is 1. The molecule has 0 aromatic heterocycles. The first-order valence-corrected chi connectivity index (χ1v) is 16.5. The molecule has 2 N–H and O–H groups in total. The predicted octanol–water partition coefficient (Wildman–Crippen LogP) is 6.84. The lowest BCUT2D eigenvalue weighted by Gasteiger charge is -2.35. The molecule has 0 radical (unpaired) electrons. The van der Waals surface area contributed by atoms with Crippen LogP contribution >= 0.6 is 0 Å². The maximum atomic E-state index is 13.2. The Labute approximate surface area is 287 Å². The molecule has 0 saturated carbocycles. The number of nitro groups is 1. The summed E-state index contributed by atoms with van der Waals surface area (Å²) in [4.78, 5) is 27.2. The Morgan fingerprint density at radius 3 is 2.49 bits per heavy atom. The molecule has 1 amide bonds. The summed E-state index contributed by atoms with van der Waals surface area (Å²) >= 11 is 0. The van der Waals surface area contributed by atoms with Crippen molar-refractivity contribution in [1.29, 1.82) is 5.26 Å². The van der Waals surface area contributed by atoms with E-state index in [-0.39, 0.29) is 43.6 Å². The van der Waals surface area contributed by atoms with Crippen LogP contribution in [0.15, 0.2) is 84.9 Å². The van der Waals surface area contributed by atoms with Gasteiger partial charge in [-0.25, -0.2) is 0 Å². The molecule has 0 unspecified atom stereocenters. The Morgan fingerprint density at radius 2 is 1.76 bits per heavy atom. The number of nitro benzene ring substituents is 1. The van der Waals surface area contributed by atoms with Gasteiger partial charge in [0.2, 0.25) is 11.7 Å². The number of ether oxygens (including phenoxy) is 2. The van der Waals surface area contributed by atoms with Gasteiger partial charge in [-0.3, -0.25) is 19.8 Å². The molecule has 0 aliphatic carbocycles. The van der Waals surface area contributed by atoms with Crippen molar-refractivity contribution < 1.29 is 24.3 Å². The van der Waals surface area contributed by atoms with E-state index in [2.05, 4.69) is 11.4 Å². The fourth-order valence-corrected chi connectivity index (χ4v) is 6.04. The van der Waals surface area contributed by atoms with Crippen molar-refractivity contribution >= 4 is 11.6 Å². The fraction of sp³-hybridized carbons (Fsp3) is 0.333. The molecule has 10 nitrogen and oxygen atoms in total. The molecule has 1 saturated heterocycles. The second-order valence-corrected chi connectivity index (χ2v) is 13.0. The minimum absolute atomic E-state index is 0.0668. The Morgan fingerprint density at radius 1 is 1.00 bits per heavy atom. The lowest BCUT2D eigenvalue weighted by molar-refractivity contribution is -0.386. The first-order valence-electron chi connectivity index (χ1n) is 16.5. The van der Waals surface area contributed by atoms with E-state index in [0.29, 0.717) is 29.8 Å². The summed E-state index contributed by atoms with van der Waals surface area (Å²) in [6.45, 7) is 6.45. The van der Waals surface area contributed by atoms with E-state index in [4.69, 9.17) is 9.47 Å². The van der Waals surface area contributed by atoms with Gasteiger partial charge in [0, 0.05) is 30.8 Å². The molecule has 10 heteroatoms. The summed E-state index contributed by atoms with van der Waals surface area (Å²) in [6, 6.07) is 27.7. The van der Waals surface area contributed by atoms with Gasteiger partial charge in [-0.05, 0) is 80.1 Å². The zero-order chi connectivity index (χ0) is 35.0. The zero-order valence-electron chi connectivity index (χ0n) is 28.1. The Bertz CT molecular complexity index is 1830. The standard InChI is InChI=1S/C39H42N4O6/c1-27-31(15-10-16-33(27)30-13-5-4-6-14-30)25-49-37-21-36(48-24-29-12-9-11-28(19-29)22-40)32(20-35(37)43(46)47)23-42-18-8-7-17-34(42)38(44)41-26-39(2,3)45/h4-6,9-16,19-21,34,45H,7-8,17-18,23-26H2,1-3H3,(H,41,44)/t34-/m0/s1. The number of amides is 1. The number of hydrogen-bond donors (Lipinski definition) is 2. The summed E-state index contributed by atoms with van der Waals surface area (Å²) in [6.07, 6.45) is 2.37. The normalized spacial score (nSPS) is 14.9. The molecule has 49 heavy (non-hydrogen) atoms. The van der Waals surface area contributed by atoms with Gasteiger partial charge in [0.05, 0.1) is 28.2 Å². The number of nitrogens with zero attached hydrogens (tertiary/aromatic N) is 3. The maximum Gasteiger partial charge on any atom is 0.311 e. The summed E-state index contributed by atoms with van der Waals surface area (Å²) in [5, 5.41) is 34.8. The van der Waals surface area contributed by atoms with Crippen molar-refractivity contribution in [2.75, 3.05) is 13.1 Å². The monoisotopic (exact) mass is 662 g/mol. The van der Waals surface area contributed by atoms with Crippen molar-refractivity contribution in [3.63, 3.8) is 0 Å². The third-order valence-corrected chi connectivity index (χ3v) is 8.69. The van der Waals surface area contributed by atoms with Crippen LogP contribution in [0.4, 0.5) is 5.69 Å². The first kappa shape index (κ1) is 35.1. The highest BCUT2D eigenvalue weighted by molar-refractivity contribution is 5.82. The molecule has 1 atom stereocenters. The number of carbonyl (C=O) groups excluding carboxylic acids is 1. The number of rotatable bonds is 13. The molecule has 5 rings (SSSR count). The van der Waals surface area contributed by atoms with Crippen molar-refractivity contribution in [3.8, 4) is 28.7 Å². The molecule has 1 aliphatic heterocycles. The second kappa shape index (κ2) is 15.8. The molecule has 254 valence electrons. The number of piperidine rings is 1. The van der Waals surface area contributed by atoms with E-state index in [1.54, 1.807) is 38.1 Å². The minimum Gasteiger partial charge on any atom is -0.488 e. The molecule has 0 bridgehead atoms. The molecule has 1 fully saturated rings. The average Bonchev–Trinajstić information content (AvgIpc) is 3.10. The van der Waals surface area contributed by atoms with Crippen molar-refractivity contribution in [2.45, 2.75) is 71.4 Å². The number of benzene rings is 4. The number of nitrogens with one attached hydrogen (secondary N) is 1. The summed E-state index contributed by atoms with van der Waals surface area (Å²) in [5.74, 6) is 0.260. The highest BCUT2D eigenvalue weighted by Gasteiger charge is 2.31. The van der Waals surface area contributed by atoms with E-state index >= 15 is 0 Å². The zero-order valence-corrected chi connectivity index (χ0v) is 28.1. The summed E-state index contributed by atoms with van der Waals surface area (Å²) < 4.78 is 12.5. The van der Waals surface area contributed by atoms with Crippen LogP contribution in [-0.4, -0.2) is 45.6 Å². The second-order valence-electron chi connectivity index (χ2n) is 13.0. The smallest absolute Gasteiger partial charge is 0.311 e. The largest absolute Gasteiger partial charge is 0.488 e. The highest BCUT2D eigenvalue weighted by Crippen LogP contribution is 2.38. The van der Waals surface area contributed by atoms with Gasteiger partial charge in [0.25, 0.3) is 0 Å². The van der Waals surface area contributed by atoms with Gasteiger partial charge in [-0.15, -0.1) is 0 Å². The lowest BCUT2D eigenvalue weighted by Crippen LogP contribution is -2.51. The molecule has 0 spiro atoms. The van der Waals surface area contributed by atoms with Crippen LogP contribution in [0.1, 0.15) is 60.9 Å². The van der Waals surface area contributed by atoms with Gasteiger partial charge in [-0.2, -0.15) is 5.26 Å². The first-order chi connectivity index (χ1) is 23.5. The van der Waals surface area contributed by atoms with Crippen LogP contribution in [-0.2, 0) is 24.6 Å². The quantitative estimate of drug-likeness (QED) is 0.117. The Balaban J connectivity index is 1.46. The molecular weight excluding hydrogens is 620 g/mol.